The van der Waals surface area contributed by atoms with E-state index >= 15 is 0 Å². The van der Waals surface area contributed by atoms with E-state index in [0.29, 0.717) is 33.7 Å². The number of aromatic hydroxyl groups is 1. The molecule has 1 aromatic heterocycles. The molecule has 0 saturated heterocycles. The molecule has 0 unspecified atom stereocenters. The summed E-state index contributed by atoms with van der Waals surface area (Å²) in [5.74, 6) is 1.45. The molecule has 25 heavy (non-hydrogen) atoms. The number of benzene rings is 2. The number of hydrogen-bond donors (Lipinski definition) is 1. The number of phenolic OH excluding ortho intramolecular Hbond substituents is 1. The predicted molar refractivity (Wildman–Crippen MR) is 103 cm³/mol. The minimum Gasteiger partial charge on any atom is -0.507 e. The SMILES string of the molecule is C=CCn1c(SCc2ccc(Cl)c(Cl)c2)nnc1-c1ccccc1O. The van der Waals surface area contributed by atoms with E-state index in [1.54, 1.807) is 24.3 Å². The van der Waals surface area contributed by atoms with Crippen LogP contribution in [-0.4, -0.2) is 19.9 Å². The third-order valence-corrected chi connectivity index (χ3v) is 5.30. The van der Waals surface area contributed by atoms with E-state index in [2.05, 4.69) is 16.8 Å². The summed E-state index contributed by atoms with van der Waals surface area (Å²) in [6, 6.07) is 12.6. The molecule has 7 heteroatoms. The zero-order valence-electron chi connectivity index (χ0n) is 13.2. The summed E-state index contributed by atoms with van der Waals surface area (Å²) in [6.07, 6.45) is 1.77. The first kappa shape index (κ1) is 17.9. The molecule has 0 bridgehead atoms. The van der Waals surface area contributed by atoms with Crippen molar-refractivity contribution in [3.63, 3.8) is 0 Å². The molecule has 0 spiro atoms. The van der Waals surface area contributed by atoms with Crippen molar-refractivity contribution >= 4 is 35.0 Å². The van der Waals surface area contributed by atoms with E-state index < -0.39 is 0 Å². The highest BCUT2D eigenvalue weighted by atomic mass is 35.5. The van der Waals surface area contributed by atoms with Crippen LogP contribution in [0.5, 0.6) is 5.75 Å². The van der Waals surface area contributed by atoms with E-state index in [9.17, 15) is 5.11 Å². The Morgan fingerprint density at radius 3 is 2.64 bits per heavy atom. The summed E-state index contributed by atoms with van der Waals surface area (Å²) in [5.41, 5.74) is 1.68. The molecule has 3 aromatic rings. The molecule has 128 valence electrons. The summed E-state index contributed by atoms with van der Waals surface area (Å²) in [7, 11) is 0. The van der Waals surface area contributed by atoms with Crippen molar-refractivity contribution in [1.82, 2.24) is 14.8 Å². The Labute approximate surface area is 160 Å². The van der Waals surface area contributed by atoms with Crippen molar-refractivity contribution in [3.05, 3.63) is 70.7 Å². The minimum absolute atomic E-state index is 0.168. The average Bonchev–Trinajstić information content (AvgIpc) is 2.99. The highest BCUT2D eigenvalue weighted by Crippen LogP contribution is 2.32. The topological polar surface area (TPSA) is 50.9 Å². The minimum atomic E-state index is 0.168. The summed E-state index contributed by atoms with van der Waals surface area (Å²) >= 11 is 13.5. The monoisotopic (exact) mass is 391 g/mol. The van der Waals surface area contributed by atoms with Crippen LogP contribution in [0.25, 0.3) is 11.4 Å². The number of thioether (sulfide) groups is 1. The number of nitrogens with zero attached hydrogens (tertiary/aromatic N) is 3. The van der Waals surface area contributed by atoms with Crippen molar-refractivity contribution in [2.75, 3.05) is 0 Å². The lowest BCUT2D eigenvalue weighted by molar-refractivity contribution is 0.476. The average molecular weight is 392 g/mol. The van der Waals surface area contributed by atoms with Gasteiger partial charge in [-0.05, 0) is 29.8 Å². The molecular formula is C18H15Cl2N3OS. The van der Waals surface area contributed by atoms with Gasteiger partial charge in [0.2, 0.25) is 0 Å². The molecule has 0 atom stereocenters. The number of hydrogen-bond acceptors (Lipinski definition) is 4. The van der Waals surface area contributed by atoms with Gasteiger partial charge in [0.05, 0.1) is 15.6 Å². The molecule has 1 heterocycles. The molecule has 0 amide bonds. The third kappa shape index (κ3) is 4.00. The van der Waals surface area contributed by atoms with Crippen molar-refractivity contribution < 1.29 is 5.11 Å². The Bertz CT molecular complexity index is 911. The maximum absolute atomic E-state index is 10.1. The lowest BCUT2D eigenvalue weighted by Gasteiger charge is -2.09. The molecule has 0 radical (unpaired) electrons. The van der Waals surface area contributed by atoms with E-state index in [0.717, 1.165) is 10.7 Å². The Morgan fingerprint density at radius 1 is 1.12 bits per heavy atom. The van der Waals surface area contributed by atoms with Crippen LogP contribution in [0, 0.1) is 0 Å². The molecule has 3 rings (SSSR count). The van der Waals surface area contributed by atoms with Crippen molar-refractivity contribution in [2.45, 2.75) is 17.5 Å². The Kier molecular flexibility index (Phi) is 5.68. The summed E-state index contributed by atoms with van der Waals surface area (Å²) in [6.45, 7) is 4.34. The van der Waals surface area contributed by atoms with E-state index in [1.807, 2.05) is 28.8 Å². The van der Waals surface area contributed by atoms with Gasteiger partial charge >= 0.3 is 0 Å². The van der Waals surface area contributed by atoms with Crippen LogP contribution < -0.4 is 0 Å². The van der Waals surface area contributed by atoms with E-state index in [-0.39, 0.29) is 5.75 Å². The fourth-order valence-corrected chi connectivity index (χ4v) is 3.54. The second-order valence-corrected chi connectivity index (χ2v) is 7.02. The normalized spacial score (nSPS) is 10.8. The second kappa shape index (κ2) is 7.95. The van der Waals surface area contributed by atoms with Crippen LogP contribution in [0.4, 0.5) is 0 Å². The smallest absolute Gasteiger partial charge is 0.192 e. The number of para-hydroxylation sites is 1. The summed E-state index contributed by atoms with van der Waals surface area (Å²) in [4.78, 5) is 0. The van der Waals surface area contributed by atoms with E-state index in [4.69, 9.17) is 23.2 Å². The van der Waals surface area contributed by atoms with Gasteiger partial charge in [-0.1, -0.05) is 59.2 Å². The van der Waals surface area contributed by atoms with Crippen LogP contribution in [0.2, 0.25) is 10.0 Å². The number of halogens is 2. The van der Waals surface area contributed by atoms with Crippen LogP contribution in [0.15, 0.2) is 60.3 Å². The van der Waals surface area contributed by atoms with Crippen molar-refractivity contribution in [2.24, 2.45) is 0 Å². The van der Waals surface area contributed by atoms with Gasteiger partial charge in [-0.2, -0.15) is 0 Å². The van der Waals surface area contributed by atoms with Gasteiger partial charge in [-0.3, -0.25) is 4.57 Å². The van der Waals surface area contributed by atoms with E-state index in [1.165, 1.54) is 11.8 Å². The van der Waals surface area contributed by atoms with Gasteiger partial charge in [-0.25, -0.2) is 0 Å². The highest BCUT2D eigenvalue weighted by Gasteiger charge is 2.16. The number of phenols is 1. The fraction of sp³-hybridized carbons (Fsp3) is 0.111. The van der Waals surface area contributed by atoms with Crippen LogP contribution in [-0.2, 0) is 12.3 Å². The summed E-state index contributed by atoms with van der Waals surface area (Å²) < 4.78 is 1.92. The van der Waals surface area contributed by atoms with Crippen LogP contribution >= 0.6 is 35.0 Å². The van der Waals surface area contributed by atoms with Crippen LogP contribution in [0.1, 0.15) is 5.56 Å². The molecule has 0 saturated carbocycles. The quantitative estimate of drug-likeness (QED) is 0.449. The Morgan fingerprint density at radius 2 is 1.92 bits per heavy atom. The fourth-order valence-electron chi connectivity index (χ4n) is 2.33. The molecule has 0 aliphatic carbocycles. The van der Waals surface area contributed by atoms with Gasteiger partial charge < -0.3 is 5.11 Å². The van der Waals surface area contributed by atoms with Gasteiger partial charge in [0.15, 0.2) is 11.0 Å². The third-order valence-electron chi connectivity index (χ3n) is 3.53. The van der Waals surface area contributed by atoms with Gasteiger partial charge in [-0.15, -0.1) is 16.8 Å². The van der Waals surface area contributed by atoms with Crippen molar-refractivity contribution in [3.8, 4) is 17.1 Å². The first-order chi connectivity index (χ1) is 12.1. The van der Waals surface area contributed by atoms with Gasteiger partial charge in [0.1, 0.15) is 5.75 Å². The molecule has 4 nitrogen and oxygen atoms in total. The molecule has 2 aromatic carbocycles. The predicted octanol–water partition coefficient (Wildman–Crippen LogP) is 5.44. The molecule has 0 aliphatic heterocycles. The second-order valence-electron chi connectivity index (χ2n) is 5.26. The Hall–Kier alpha value is -1.95. The molecule has 0 fully saturated rings. The van der Waals surface area contributed by atoms with Gasteiger partial charge in [0.25, 0.3) is 0 Å². The van der Waals surface area contributed by atoms with Crippen molar-refractivity contribution in [1.29, 1.82) is 0 Å². The first-order valence-corrected chi connectivity index (χ1v) is 9.23. The Balaban J connectivity index is 1.88. The lowest BCUT2D eigenvalue weighted by Crippen LogP contribution is -2.00. The number of allylic oxidation sites excluding steroid dienone is 1. The zero-order chi connectivity index (χ0) is 17.8. The maximum Gasteiger partial charge on any atom is 0.192 e. The zero-order valence-corrected chi connectivity index (χ0v) is 15.5. The van der Waals surface area contributed by atoms with Crippen LogP contribution in [0.3, 0.4) is 0 Å². The largest absolute Gasteiger partial charge is 0.507 e. The molecular weight excluding hydrogens is 377 g/mol. The van der Waals surface area contributed by atoms with Gasteiger partial charge in [0, 0.05) is 12.3 Å². The highest BCUT2D eigenvalue weighted by molar-refractivity contribution is 7.98. The maximum atomic E-state index is 10.1. The summed E-state index contributed by atoms with van der Waals surface area (Å²) in [5, 5.41) is 20.4. The first-order valence-electron chi connectivity index (χ1n) is 7.49. The standard InChI is InChI=1S/C18H15Cl2N3OS/c1-2-9-23-17(13-5-3-4-6-16(13)24)21-22-18(23)25-11-12-7-8-14(19)15(20)10-12/h2-8,10,24H,1,9,11H2. The lowest BCUT2D eigenvalue weighted by atomic mass is 10.2. The molecule has 0 aliphatic rings. The number of aromatic nitrogens is 3. The molecule has 1 N–H and O–H groups in total. The number of rotatable bonds is 6.